The summed E-state index contributed by atoms with van der Waals surface area (Å²) < 4.78 is 36.7. The van der Waals surface area contributed by atoms with Crippen molar-refractivity contribution in [1.29, 1.82) is 0 Å². The smallest absolute Gasteiger partial charge is 0.446 e. The highest BCUT2D eigenvalue weighted by molar-refractivity contribution is 7.81. The number of phenols is 2. The van der Waals surface area contributed by atoms with Crippen LogP contribution in [-0.4, -0.2) is 29.5 Å². The summed E-state index contributed by atoms with van der Waals surface area (Å²) in [4.78, 5) is 11.5. The molecule has 3 unspecified atom stereocenters. The van der Waals surface area contributed by atoms with Crippen LogP contribution >= 0.6 is 0 Å². The van der Waals surface area contributed by atoms with Crippen LogP contribution in [0.2, 0.25) is 0 Å². The number of carbonyl (C=O) groups is 1. The van der Waals surface area contributed by atoms with Crippen LogP contribution in [0.25, 0.3) is 6.08 Å². The fourth-order valence-electron chi connectivity index (χ4n) is 5.88. The lowest BCUT2D eigenvalue weighted by atomic mass is 9.48. The van der Waals surface area contributed by atoms with E-state index in [0.717, 1.165) is 43.7 Å². The second-order valence-electron chi connectivity index (χ2n) is 9.60. The van der Waals surface area contributed by atoms with Gasteiger partial charge >= 0.3 is 10.4 Å². The summed E-state index contributed by atoms with van der Waals surface area (Å²) in [5.41, 5.74) is 0.702. The Morgan fingerprint density at radius 1 is 1.17 bits per heavy atom. The van der Waals surface area contributed by atoms with Gasteiger partial charge < -0.3 is 14.4 Å². The molecule has 1 aromatic carbocycles. The molecule has 3 rings (SSSR count). The van der Waals surface area contributed by atoms with E-state index in [1.807, 2.05) is 0 Å². The second kappa shape index (κ2) is 7.57. The van der Waals surface area contributed by atoms with Gasteiger partial charge in [-0.1, -0.05) is 45.8 Å². The molecule has 2 aliphatic carbocycles. The number of fused-ring (bicyclic) bond motifs is 1. The van der Waals surface area contributed by atoms with Gasteiger partial charge in [0.05, 0.1) is 0 Å². The second-order valence-corrected chi connectivity index (χ2v) is 10.6. The van der Waals surface area contributed by atoms with Crippen molar-refractivity contribution in [2.75, 3.05) is 0 Å². The molecule has 8 heteroatoms. The summed E-state index contributed by atoms with van der Waals surface area (Å²) in [7, 11) is -4.95. The average molecular weight is 439 g/mol. The average Bonchev–Trinajstić information content (AvgIpc) is 2.60. The third-order valence-corrected chi connectivity index (χ3v) is 7.60. The molecule has 0 aromatic heterocycles. The van der Waals surface area contributed by atoms with Gasteiger partial charge in [0, 0.05) is 5.56 Å². The zero-order chi connectivity index (χ0) is 22.5. The first-order chi connectivity index (χ1) is 13.8. The van der Waals surface area contributed by atoms with Gasteiger partial charge in [-0.05, 0) is 54.4 Å². The maximum Gasteiger partial charge on any atom is 0.446 e. The number of phenolic OH excluding ortho intramolecular Hbond substituents is 2. The lowest BCUT2D eigenvalue weighted by Crippen LogP contribution is -2.47. The first-order valence-corrected chi connectivity index (χ1v) is 11.6. The monoisotopic (exact) mass is 438 g/mol. The highest BCUT2D eigenvalue weighted by Crippen LogP contribution is 2.61. The SMILES string of the molecule is CC1CCC2C(C)(C)CCCC2(C)C1=Cc1cc(O)c(O)c(C=O)c1OS(=O)(=O)O. The van der Waals surface area contributed by atoms with E-state index in [0.29, 0.717) is 5.92 Å². The molecule has 30 heavy (non-hydrogen) atoms. The van der Waals surface area contributed by atoms with E-state index < -0.39 is 33.2 Å². The van der Waals surface area contributed by atoms with Gasteiger partial charge in [0.1, 0.15) is 5.56 Å². The Bertz CT molecular complexity index is 993. The molecule has 0 spiro atoms. The number of benzene rings is 1. The van der Waals surface area contributed by atoms with Crippen LogP contribution < -0.4 is 4.18 Å². The summed E-state index contributed by atoms with van der Waals surface area (Å²) in [6, 6.07) is 1.16. The van der Waals surface area contributed by atoms with Crippen LogP contribution in [0, 0.1) is 22.7 Å². The van der Waals surface area contributed by atoms with Gasteiger partial charge in [-0.3, -0.25) is 9.35 Å². The molecule has 0 aliphatic heterocycles. The van der Waals surface area contributed by atoms with Gasteiger partial charge in [-0.15, -0.1) is 0 Å². The van der Waals surface area contributed by atoms with Crippen molar-refractivity contribution in [3.63, 3.8) is 0 Å². The summed E-state index contributed by atoms with van der Waals surface area (Å²) in [5, 5.41) is 20.1. The molecule has 2 fully saturated rings. The molecular formula is C22H30O7S. The predicted octanol–water partition coefficient (Wildman–Crippen LogP) is 4.74. The minimum atomic E-state index is -4.95. The number of aromatic hydroxyl groups is 2. The van der Waals surface area contributed by atoms with Gasteiger partial charge in [-0.2, -0.15) is 8.42 Å². The van der Waals surface area contributed by atoms with Gasteiger partial charge in [0.15, 0.2) is 23.5 Å². The first kappa shape index (κ1) is 22.6. The maximum atomic E-state index is 11.5. The van der Waals surface area contributed by atoms with E-state index >= 15 is 0 Å². The Balaban J connectivity index is 2.24. The molecule has 2 aliphatic rings. The Labute approximate surface area is 177 Å². The fourth-order valence-corrected chi connectivity index (χ4v) is 6.28. The van der Waals surface area contributed by atoms with Crippen LogP contribution in [0.5, 0.6) is 17.2 Å². The number of hydrogen-bond acceptors (Lipinski definition) is 6. The van der Waals surface area contributed by atoms with E-state index in [-0.39, 0.29) is 28.6 Å². The molecular weight excluding hydrogens is 408 g/mol. The van der Waals surface area contributed by atoms with E-state index in [4.69, 9.17) is 0 Å². The molecule has 1 aromatic rings. The first-order valence-electron chi connectivity index (χ1n) is 10.2. The molecule has 0 radical (unpaired) electrons. The van der Waals surface area contributed by atoms with Crippen molar-refractivity contribution in [3.8, 4) is 17.2 Å². The zero-order valence-electron chi connectivity index (χ0n) is 17.8. The Morgan fingerprint density at radius 3 is 2.43 bits per heavy atom. The largest absolute Gasteiger partial charge is 0.504 e. The lowest BCUT2D eigenvalue weighted by molar-refractivity contribution is -0.00534. The van der Waals surface area contributed by atoms with Crippen molar-refractivity contribution >= 4 is 22.8 Å². The van der Waals surface area contributed by atoms with E-state index in [1.165, 1.54) is 0 Å². The summed E-state index contributed by atoms with van der Waals surface area (Å²) in [6.07, 6.45) is 7.20. The van der Waals surface area contributed by atoms with Crippen LogP contribution in [0.3, 0.4) is 0 Å². The fraction of sp³-hybridized carbons (Fsp3) is 0.591. The van der Waals surface area contributed by atoms with E-state index in [2.05, 4.69) is 31.9 Å². The van der Waals surface area contributed by atoms with Gasteiger partial charge in [-0.25, -0.2) is 0 Å². The summed E-state index contributed by atoms with van der Waals surface area (Å²) in [6.45, 7) is 8.91. The minimum Gasteiger partial charge on any atom is -0.504 e. The van der Waals surface area contributed by atoms with Crippen molar-refractivity contribution in [2.45, 2.75) is 59.8 Å². The van der Waals surface area contributed by atoms with Crippen molar-refractivity contribution < 1.29 is 32.2 Å². The Hall–Kier alpha value is -2.06. The number of hydrogen-bond donors (Lipinski definition) is 3. The minimum absolute atomic E-state index is 0.122. The number of allylic oxidation sites excluding steroid dienone is 1. The third-order valence-electron chi connectivity index (χ3n) is 7.22. The van der Waals surface area contributed by atoms with Gasteiger partial charge in [0.25, 0.3) is 0 Å². The normalized spacial score (nSPS) is 30.0. The lowest BCUT2D eigenvalue weighted by Gasteiger charge is -2.56. The Morgan fingerprint density at radius 2 is 1.83 bits per heavy atom. The highest BCUT2D eigenvalue weighted by Gasteiger charge is 2.51. The summed E-state index contributed by atoms with van der Waals surface area (Å²) in [5.74, 6) is -1.23. The predicted molar refractivity (Wildman–Crippen MR) is 113 cm³/mol. The Kier molecular flexibility index (Phi) is 5.71. The van der Waals surface area contributed by atoms with Crippen molar-refractivity contribution in [3.05, 3.63) is 22.8 Å². The molecule has 0 amide bonds. The van der Waals surface area contributed by atoms with Crippen LogP contribution in [0.1, 0.15) is 75.7 Å². The molecule has 2 saturated carbocycles. The molecule has 7 nitrogen and oxygen atoms in total. The van der Waals surface area contributed by atoms with Gasteiger partial charge in [0.2, 0.25) is 0 Å². The van der Waals surface area contributed by atoms with Crippen molar-refractivity contribution in [1.82, 2.24) is 0 Å². The molecule has 0 heterocycles. The van der Waals surface area contributed by atoms with E-state index in [9.17, 15) is 28.0 Å². The third kappa shape index (κ3) is 3.95. The highest BCUT2D eigenvalue weighted by atomic mass is 32.3. The molecule has 0 saturated heterocycles. The standard InChI is InChI=1S/C22H30O7S/c1-13-6-7-18-21(2,3)8-5-9-22(18,4)16(13)10-14-11-17(24)19(25)15(12-23)20(14)29-30(26,27)28/h10-13,18,24-25H,5-9H2,1-4H3,(H,26,27,28). The maximum absolute atomic E-state index is 11.5. The molecule has 3 N–H and O–H groups in total. The van der Waals surface area contributed by atoms with Crippen molar-refractivity contribution in [2.24, 2.45) is 22.7 Å². The summed E-state index contributed by atoms with van der Waals surface area (Å²) >= 11 is 0. The van der Waals surface area contributed by atoms with Crippen LogP contribution in [-0.2, 0) is 10.4 Å². The number of aldehydes is 1. The van der Waals surface area contributed by atoms with E-state index in [1.54, 1.807) is 6.08 Å². The van der Waals surface area contributed by atoms with Crippen LogP contribution in [0.4, 0.5) is 0 Å². The molecule has 166 valence electrons. The zero-order valence-corrected chi connectivity index (χ0v) is 18.6. The quantitative estimate of drug-likeness (QED) is 0.353. The van der Waals surface area contributed by atoms with Crippen LogP contribution in [0.15, 0.2) is 11.6 Å². The number of rotatable bonds is 4. The molecule has 0 bridgehead atoms. The molecule has 3 atom stereocenters. The number of carbonyl (C=O) groups excluding carboxylic acids is 1. The topological polar surface area (TPSA) is 121 Å².